The topological polar surface area (TPSA) is 61.6 Å². The van der Waals surface area contributed by atoms with E-state index in [1.807, 2.05) is 35.2 Å². The summed E-state index contributed by atoms with van der Waals surface area (Å²) in [6, 6.07) is 10.4. The Morgan fingerprint density at radius 3 is 2.73 bits per heavy atom. The fourth-order valence-electron chi connectivity index (χ4n) is 3.74. The smallest absolute Gasteiger partial charge is 0.224 e. The summed E-state index contributed by atoms with van der Waals surface area (Å²) in [5, 5.41) is 3.41. The molecule has 4 rings (SSSR count). The van der Waals surface area contributed by atoms with Crippen molar-refractivity contribution in [1.82, 2.24) is 20.1 Å². The molecule has 26 heavy (non-hydrogen) atoms. The standard InChI is InChI=1S/C20H26N4O2/c25-20(13-17-7-4-8-21-17)24-11-9-23(10-12-24)15-19-22-14-18(26-19)16-5-2-1-3-6-16/h1-3,5-6,14,17,21H,4,7-13,15H2. The minimum Gasteiger partial charge on any atom is -0.439 e. The summed E-state index contributed by atoms with van der Waals surface area (Å²) in [6.45, 7) is 5.06. The number of piperazine rings is 1. The predicted octanol–water partition coefficient (Wildman–Crippen LogP) is 2.13. The Kier molecular flexibility index (Phi) is 5.32. The van der Waals surface area contributed by atoms with Gasteiger partial charge in [0.15, 0.2) is 5.76 Å². The van der Waals surface area contributed by atoms with Crippen LogP contribution < -0.4 is 5.32 Å². The maximum Gasteiger partial charge on any atom is 0.224 e. The number of carbonyl (C=O) groups excluding carboxylic acids is 1. The van der Waals surface area contributed by atoms with E-state index in [0.717, 1.165) is 56.4 Å². The van der Waals surface area contributed by atoms with Crippen LogP contribution in [0, 0.1) is 0 Å². The minimum absolute atomic E-state index is 0.284. The lowest BCUT2D eigenvalue weighted by Crippen LogP contribution is -2.49. The number of hydrogen-bond acceptors (Lipinski definition) is 5. The Hall–Kier alpha value is -2.18. The number of hydrogen-bond donors (Lipinski definition) is 1. The molecule has 2 aromatic rings. The van der Waals surface area contributed by atoms with Gasteiger partial charge in [0, 0.05) is 44.2 Å². The zero-order valence-electron chi connectivity index (χ0n) is 15.1. The minimum atomic E-state index is 0.284. The van der Waals surface area contributed by atoms with E-state index < -0.39 is 0 Å². The fourth-order valence-corrected chi connectivity index (χ4v) is 3.74. The first-order valence-corrected chi connectivity index (χ1v) is 9.51. The van der Waals surface area contributed by atoms with Crippen LogP contribution in [0.15, 0.2) is 40.9 Å². The molecule has 1 atom stereocenters. The van der Waals surface area contributed by atoms with Crippen LogP contribution in [-0.4, -0.2) is 59.5 Å². The number of rotatable bonds is 5. The van der Waals surface area contributed by atoms with Crippen molar-refractivity contribution in [3.8, 4) is 11.3 Å². The quantitative estimate of drug-likeness (QED) is 0.891. The largest absolute Gasteiger partial charge is 0.439 e. The number of benzene rings is 1. The first-order valence-electron chi connectivity index (χ1n) is 9.51. The molecule has 1 unspecified atom stereocenters. The molecule has 1 amide bonds. The highest BCUT2D eigenvalue weighted by atomic mass is 16.4. The van der Waals surface area contributed by atoms with Gasteiger partial charge in [0.25, 0.3) is 0 Å². The van der Waals surface area contributed by atoms with Gasteiger partial charge >= 0.3 is 0 Å². The van der Waals surface area contributed by atoms with Crippen LogP contribution in [0.5, 0.6) is 0 Å². The summed E-state index contributed by atoms with van der Waals surface area (Å²) in [5.74, 6) is 1.82. The van der Waals surface area contributed by atoms with Crippen molar-refractivity contribution >= 4 is 5.91 Å². The molecule has 0 spiro atoms. The number of amides is 1. The van der Waals surface area contributed by atoms with Crippen molar-refractivity contribution in [3.63, 3.8) is 0 Å². The second-order valence-electron chi connectivity index (χ2n) is 7.14. The first kappa shape index (κ1) is 17.2. The molecule has 3 heterocycles. The Bertz CT molecular complexity index is 716. The third-order valence-corrected chi connectivity index (χ3v) is 5.28. The summed E-state index contributed by atoms with van der Waals surface area (Å²) in [5.41, 5.74) is 1.04. The van der Waals surface area contributed by atoms with E-state index in [9.17, 15) is 4.79 Å². The Balaban J connectivity index is 1.26. The normalized spacial score (nSPS) is 21.2. The molecule has 2 aliphatic rings. The van der Waals surface area contributed by atoms with Crippen LogP contribution in [0.25, 0.3) is 11.3 Å². The number of aromatic nitrogens is 1. The Morgan fingerprint density at radius 1 is 1.19 bits per heavy atom. The molecule has 6 nitrogen and oxygen atoms in total. The molecule has 2 fully saturated rings. The van der Waals surface area contributed by atoms with Crippen molar-refractivity contribution in [1.29, 1.82) is 0 Å². The zero-order valence-corrected chi connectivity index (χ0v) is 15.1. The van der Waals surface area contributed by atoms with Gasteiger partial charge in [-0.1, -0.05) is 30.3 Å². The summed E-state index contributed by atoms with van der Waals surface area (Å²) >= 11 is 0. The van der Waals surface area contributed by atoms with E-state index in [0.29, 0.717) is 19.0 Å². The first-order chi connectivity index (χ1) is 12.8. The van der Waals surface area contributed by atoms with Gasteiger partial charge in [0.05, 0.1) is 12.7 Å². The van der Waals surface area contributed by atoms with Gasteiger partial charge in [0.2, 0.25) is 11.8 Å². The van der Waals surface area contributed by atoms with Crippen LogP contribution in [0.1, 0.15) is 25.2 Å². The third-order valence-electron chi connectivity index (χ3n) is 5.28. The summed E-state index contributed by atoms with van der Waals surface area (Å²) in [7, 11) is 0. The molecule has 1 N–H and O–H groups in total. The van der Waals surface area contributed by atoms with Crippen LogP contribution in [0.3, 0.4) is 0 Å². The zero-order chi connectivity index (χ0) is 17.8. The molecule has 6 heteroatoms. The van der Waals surface area contributed by atoms with Gasteiger partial charge in [-0.3, -0.25) is 9.69 Å². The SMILES string of the molecule is O=C(CC1CCCN1)N1CCN(Cc2ncc(-c3ccccc3)o2)CC1. The lowest BCUT2D eigenvalue weighted by Gasteiger charge is -2.34. The lowest BCUT2D eigenvalue weighted by molar-refractivity contribution is -0.133. The van der Waals surface area contributed by atoms with Crippen LogP contribution >= 0.6 is 0 Å². The molecule has 1 aromatic heterocycles. The Labute approximate surface area is 154 Å². The van der Waals surface area contributed by atoms with E-state index in [2.05, 4.69) is 15.2 Å². The number of nitrogens with one attached hydrogen (secondary N) is 1. The maximum atomic E-state index is 12.4. The molecule has 138 valence electrons. The molecule has 0 bridgehead atoms. The maximum absolute atomic E-state index is 12.4. The van der Waals surface area contributed by atoms with Crippen LogP contribution in [0.4, 0.5) is 0 Å². The molecular formula is C20H26N4O2. The van der Waals surface area contributed by atoms with Gasteiger partial charge < -0.3 is 14.6 Å². The predicted molar refractivity (Wildman–Crippen MR) is 99.4 cm³/mol. The number of nitrogens with zero attached hydrogens (tertiary/aromatic N) is 3. The second-order valence-corrected chi connectivity index (χ2v) is 7.14. The average molecular weight is 354 g/mol. The highest BCUT2D eigenvalue weighted by Gasteiger charge is 2.25. The van der Waals surface area contributed by atoms with E-state index in [1.54, 1.807) is 6.20 Å². The summed E-state index contributed by atoms with van der Waals surface area (Å²) in [6.07, 6.45) is 4.74. The van der Waals surface area contributed by atoms with Crippen LogP contribution in [-0.2, 0) is 11.3 Å². The van der Waals surface area contributed by atoms with Crippen molar-refractivity contribution in [2.75, 3.05) is 32.7 Å². The molecule has 0 radical (unpaired) electrons. The summed E-state index contributed by atoms with van der Waals surface area (Å²) < 4.78 is 5.89. The third kappa shape index (κ3) is 4.14. The monoisotopic (exact) mass is 354 g/mol. The van der Waals surface area contributed by atoms with Gasteiger partial charge in [-0.15, -0.1) is 0 Å². The van der Waals surface area contributed by atoms with Gasteiger partial charge in [-0.05, 0) is 19.4 Å². The van der Waals surface area contributed by atoms with E-state index in [4.69, 9.17) is 4.42 Å². The molecule has 0 saturated carbocycles. The lowest BCUT2D eigenvalue weighted by atomic mass is 10.1. The Morgan fingerprint density at radius 2 is 2.00 bits per heavy atom. The van der Waals surface area contributed by atoms with Gasteiger partial charge in [-0.2, -0.15) is 0 Å². The van der Waals surface area contributed by atoms with Crippen molar-refractivity contribution in [3.05, 3.63) is 42.4 Å². The molecule has 2 aliphatic heterocycles. The number of carbonyl (C=O) groups is 1. The average Bonchev–Trinajstić information content (AvgIpc) is 3.35. The van der Waals surface area contributed by atoms with E-state index in [-0.39, 0.29) is 5.91 Å². The fraction of sp³-hybridized carbons (Fsp3) is 0.500. The highest BCUT2D eigenvalue weighted by molar-refractivity contribution is 5.77. The van der Waals surface area contributed by atoms with Crippen molar-refractivity contribution in [2.24, 2.45) is 0 Å². The van der Waals surface area contributed by atoms with Crippen LogP contribution in [0.2, 0.25) is 0 Å². The van der Waals surface area contributed by atoms with E-state index in [1.165, 1.54) is 6.42 Å². The van der Waals surface area contributed by atoms with Gasteiger partial charge in [-0.25, -0.2) is 4.98 Å². The number of oxazole rings is 1. The van der Waals surface area contributed by atoms with Crippen molar-refractivity contribution < 1.29 is 9.21 Å². The summed E-state index contributed by atoms with van der Waals surface area (Å²) in [4.78, 5) is 21.1. The van der Waals surface area contributed by atoms with Crippen molar-refractivity contribution in [2.45, 2.75) is 31.8 Å². The van der Waals surface area contributed by atoms with E-state index >= 15 is 0 Å². The molecule has 2 saturated heterocycles. The molecule has 1 aromatic carbocycles. The molecule has 0 aliphatic carbocycles. The second kappa shape index (κ2) is 8.01. The highest BCUT2D eigenvalue weighted by Crippen LogP contribution is 2.21. The van der Waals surface area contributed by atoms with Gasteiger partial charge in [0.1, 0.15) is 0 Å². The molecular weight excluding hydrogens is 328 g/mol.